The van der Waals surface area contributed by atoms with Crippen molar-refractivity contribution in [3.8, 4) is 0 Å². The third-order valence-electron chi connectivity index (χ3n) is 3.27. The first-order chi connectivity index (χ1) is 9.54. The van der Waals surface area contributed by atoms with E-state index in [-0.39, 0.29) is 18.3 Å². The van der Waals surface area contributed by atoms with Crippen LogP contribution in [0.5, 0.6) is 0 Å². The largest absolute Gasteiger partial charge is 0.477 e. The number of aryl methyl sites for hydroxylation is 1. The van der Waals surface area contributed by atoms with Crippen LogP contribution >= 0.6 is 0 Å². The van der Waals surface area contributed by atoms with Crippen molar-refractivity contribution >= 4 is 12.0 Å². The van der Waals surface area contributed by atoms with Crippen LogP contribution in [0, 0.1) is 0 Å². The highest BCUT2D eigenvalue weighted by molar-refractivity contribution is 5.88. The first-order valence-corrected chi connectivity index (χ1v) is 6.34. The molecule has 0 saturated carbocycles. The molecule has 2 amide bonds. The number of ether oxygens (including phenoxy) is 1. The monoisotopic (exact) mass is 282 g/mol. The molecule has 0 spiro atoms. The molecular formula is C12H18N4O4. The number of hydrogen-bond acceptors (Lipinski definition) is 4. The molecule has 20 heavy (non-hydrogen) atoms. The molecule has 0 saturated heterocycles. The number of nitrogens with zero attached hydrogens (tertiary/aromatic N) is 3. The molecule has 1 aliphatic heterocycles. The lowest BCUT2D eigenvalue weighted by molar-refractivity contribution is 0.0682. The number of aromatic nitrogens is 2. The molecule has 0 atom stereocenters. The van der Waals surface area contributed by atoms with Gasteiger partial charge in [0.2, 0.25) is 0 Å². The highest BCUT2D eigenvalue weighted by Gasteiger charge is 2.28. The van der Waals surface area contributed by atoms with Gasteiger partial charge in [0.15, 0.2) is 5.69 Å². The van der Waals surface area contributed by atoms with E-state index in [0.29, 0.717) is 31.7 Å². The minimum atomic E-state index is -1.03. The normalized spacial score (nSPS) is 14.0. The number of nitrogens with one attached hydrogen (secondary N) is 1. The third kappa shape index (κ3) is 2.74. The van der Waals surface area contributed by atoms with Crippen molar-refractivity contribution in [2.45, 2.75) is 13.0 Å². The zero-order chi connectivity index (χ0) is 14.7. The smallest absolute Gasteiger partial charge is 0.354 e. The van der Waals surface area contributed by atoms with Crippen LogP contribution in [0.1, 0.15) is 21.7 Å². The van der Waals surface area contributed by atoms with Gasteiger partial charge in [-0.1, -0.05) is 0 Å². The molecule has 2 rings (SSSR count). The Kier molecular flexibility index (Phi) is 4.23. The van der Waals surface area contributed by atoms with Gasteiger partial charge in [0, 0.05) is 39.2 Å². The predicted octanol–water partition coefficient (Wildman–Crippen LogP) is -0.168. The van der Waals surface area contributed by atoms with Crippen molar-refractivity contribution in [2.24, 2.45) is 7.05 Å². The molecule has 1 aromatic heterocycles. The zero-order valence-electron chi connectivity index (χ0n) is 11.5. The Morgan fingerprint density at radius 1 is 1.50 bits per heavy atom. The number of urea groups is 1. The number of carbonyl (C=O) groups is 2. The molecule has 8 heteroatoms. The van der Waals surface area contributed by atoms with E-state index in [1.54, 1.807) is 19.1 Å². The van der Waals surface area contributed by atoms with Crippen molar-refractivity contribution in [1.82, 2.24) is 20.0 Å². The van der Waals surface area contributed by atoms with Crippen LogP contribution in [0.4, 0.5) is 4.79 Å². The highest BCUT2D eigenvalue weighted by Crippen LogP contribution is 2.21. The summed E-state index contributed by atoms with van der Waals surface area (Å²) < 4.78 is 6.23. The summed E-state index contributed by atoms with van der Waals surface area (Å²) in [6.07, 6.45) is 0.564. The summed E-state index contributed by atoms with van der Waals surface area (Å²) in [5, 5.41) is 16.1. The van der Waals surface area contributed by atoms with Crippen LogP contribution in [-0.2, 0) is 24.8 Å². The van der Waals surface area contributed by atoms with Gasteiger partial charge < -0.3 is 20.1 Å². The maximum Gasteiger partial charge on any atom is 0.354 e. The van der Waals surface area contributed by atoms with Gasteiger partial charge in [0.05, 0.1) is 18.8 Å². The minimum absolute atomic E-state index is 0.148. The summed E-state index contributed by atoms with van der Waals surface area (Å²) in [5.41, 5.74) is 1.52. The third-order valence-corrected chi connectivity index (χ3v) is 3.27. The average molecular weight is 282 g/mol. The summed E-state index contributed by atoms with van der Waals surface area (Å²) in [5.74, 6) is -1.03. The second-order valence-corrected chi connectivity index (χ2v) is 4.60. The van der Waals surface area contributed by atoms with Gasteiger partial charge in [-0.15, -0.1) is 0 Å². The molecule has 0 bridgehead atoms. The summed E-state index contributed by atoms with van der Waals surface area (Å²) >= 11 is 0. The quantitative estimate of drug-likeness (QED) is 0.748. The Morgan fingerprint density at radius 2 is 2.25 bits per heavy atom. The van der Waals surface area contributed by atoms with E-state index in [0.717, 1.165) is 5.69 Å². The van der Waals surface area contributed by atoms with Crippen LogP contribution < -0.4 is 5.32 Å². The van der Waals surface area contributed by atoms with Crippen LogP contribution in [0.25, 0.3) is 0 Å². The average Bonchev–Trinajstić information content (AvgIpc) is 2.73. The fourth-order valence-corrected chi connectivity index (χ4v) is 2.31. The zero-order valence-corrected chi connectivity index (χ0v) is 11.5. The lowest BCUT2D eigenvalue weighted by Gasteiger charge is -2.26. The molecule has 1 aromatic rings. The molecular weight excluding hydrogens is 264 g/mol. The molecule has 0 radical (unpaired) electrons. The molecule has 1 aliphatic rings. The summed E-state index contributed by atoms with van der Waals surface area (Å²) in [7, 11) is 3.17. The SMILES string of the molecule is COCCNC(=O)N1CCc2nn(C)c(C(=O)O)c2C1. The lowest BCUT2D eigenvalue weighted by Crippen LogP contribution is -2.43. The number of rotatable bonds is 4. The Morgan fingerprint density at radius 3 is 2.90 bits per heavy atom. The molecule has 0 unspecified atom stereocenters. The van der Waals surface area contributed by atoms with E-state index >= 15 is 0 Å². The molecule has 0 aliphatic carbocycles. The summed E-state index contributed by atoms with van der Waals surface area (Å²) in [6.45, 7) is 1.67. The molecule has 0 fully saturated rings. The van der Waals surface area contributed by atoms with Gasteiger partial charge in [-0.3, -0.25) is 4.68 Å². The Hall–Kier alpha value is -2.09. The standard InChI is InChI=1S/C12H18N4O4/c1-15-10(11(17)18)8-7-16(5-3-9(8)14-15)12(19)13-4-6-20-2/h3-7H2,1-2H3,(H,13,19)(H,17,18). The number of methoxy groups -OCH3 is 1. The van der Waals surface area contributed by atoms with Gasteiger partial charge in [-0.05, 0) is 0 Å². The fourth-order valence-electron chi connectivity index (χ4n) is 2.31. The van der Waals surface area contributed by atoms with E-state index in [4.69, 9.17) is 4.74 Å². The van der Waals surface area contributed by atoms with Crippen molar-refractivity contribution in [1.29, 1.82) is 0 Å². The van der Waals surface area contributed by atoms with Gasteiger partial charge in [-0.2, -0.15) is 5.10 Å². The van der Waals surface area contributed by atoms with Gasteiger partial charge in [0.1, 0.15) is 0 Å². The van der Waals surface area contributed by atoms with E-state index in [9.17, 15) is 14.7 Å². The topological polar surface area (TPSA) is 96.7 Å². The van der Waals surface area contributed by atoms with Crippen LogP contribution in [0.3, 0.4) is 0 Å². The number of hydrogen-bond donors (Lipinski definition) is 2. The molecule has 0 aromatic carbocycles. The maximum atomic E-state index is 12.0. The number of fused-ring (bicyclic) bond motifs is 1. The molecule has 8 nitrogen and oxygen atoms in total. The Bertz CT molecular complexity index is 526. The number of carboxylic acids is 1. The van der Waals surface area contributed by atoms with Crippen molar-refractivity contribution in [3.05, 3.63) is 17.0 Å². The lowest BCUT2D eigenvalue weighted by atomic mass is 10.1. The molecule has 110 valence electrons. The number of carboxylic acid groups (broad SMARTS) is 1. The van der Waals surface area contributed by atoms with E-state index in [1.807, 2.05) is 0 Å². The van der Waals surface area contributed by atoms with Crippen LogP contribution in [0.15, 0.2) is 0 Å². The minimum Gasteiger partial charge on any atom is -0.477 e. The first-order valence-electron chi connectivity index (χ1n) is 6.34. The van der Waals surface area contributed by atoms with Crippen molar-refractivity contribution in [2.75, 3.05) is 26.8 Å². The first kappa shape index (κ1) is 14.3. The van der Waals surface area contributed by atoms with E-state index < -0.39 is 5.97 Å². The summed E-state index contributed by atoms with van der Waals surface area (Å²) in [4.78, 5) is 24.8. The Balaban J connectivity index is 2.10. The van der Waals surface area contributed by atoms with Gasteiger partial charge in [-0.25, -0.2) is 9.59 Å². The summed E-state index contributed by atoms with van der Waals surface area (Å²) in [6, 6.07) is -0.215. The molecule has 2 N–H and O–H groups in total. The van der Waals surface area contributed by atoms with E-state index in [1.165, 1.54) is 4.68 Å². The van der Waals surface area contributed by atoms with Crippen LogP contribution in [0.2, 0.25) is 0 Å². The number of aromatic carboxylic acids is 1. The number of carbonyl (C=O) groups excluding carboxylic acids is 1. The van der Waals surface area contributed by atoms with Crippen molar-refractivity contribution < 1.29 is 19.4 Å². The second-order valence-electron chi connectivity index (χ2n) is 4.60. The number of amides is 2. The highest BCUT2D eigenvalue weighted by atomic mass is 16.5. The van der Waals surface area contributed by atoms with Crippen LogP contribution in [-0.4, -0.2) is 58.6 Å². The Labute approximate surface area is 116 Å². The second kappa shape index (κ2) is 5.91. The fraction of sp³-hybridized carbons (Fsp3) is 0.583. The predicted molar refractivity (Wildman–Crippen MR) is 69.6 cm³/mol. The molecule has 2 heterocycles. The van der Waals surface area contributed by atoms with Gasteiger partial charge in [0.25, 0.3) is 0 Å². The van der Waals surface area contributed by atoms with E-state index in [2.05, 4.69) is 10.4 Å². The van der Waals surface area contributed by atoms with Gasteiger partial charge >= 0.3 is 12.0 Å². The van der Waals surface area contributed by atoms with Crippen molar-refractivity contribution in [3.63, 3.8) is 0 Å². The maximum absolute atomic E-state index is 12.0.